The third-order valence-corrected chi connectivity index (χ3v) is 5.19. The first-order valence-corrected chi connectivity index (χ1v) is 9.65. The van der Waals surface area contributed by atoms with Gasteiger partial charge in [-0.05, 0) is 74.6 Å². The fourth-order valence-electron chi connectivity index (χ4n) is 3.49. The van der Waals surface area contributed by atoms with E-state index in [1.165, 1.54) is 46.6 Å². The van der Waals surface area contributed by atoms with Gasteiger partial charge in [0, 0.05) is 17.1 Å². The summed E-state index contributed by atoms with van der Waals surface area (Å²) in [6.45, 7) is 8.80. The smallest absolute Gasteiger partial charge is 0.0461 e. The highest BCUT2D eigenvalue weighted by atomic mass is 15.1. The van der Waals surface area contributed by atoms with E-state index >= 15 is 0 Å². The molecule has 26 heavy (non-hydrogen) atoms. The van der Waals surface area contributed by atoms with Crippen molar-refractivity contribution < 1.29 is 0 Å². The van der Waals surface area contributed by atoms with E-state index in [0.29, 0.717) is 5.92 Å². The molecule has 1 nitrogen and oxygen atoms in total. The molecule has 0 aliphatic heterocycles. The largest absolute Gasteiger partial charge is 0.311 e. The van der Waals surface area contributed by atoms with Crippen LogP contribution in [0.3, 0.4) is 0 Å². The van der Waals surface area contributed by atoms with Gasteiger partial charge in [0.2, 0.25) is 0 Å². The highest BCUT2D eigenvalue weighted by Gasteiger charge is 2.13. The van der Waals surface area contributed by atoms with Crippen LogP contribution >= 0.6 is 0 Å². The van der Waals surface area contributed by atoms with Crippen molar-refractivity contribution in [3.05, 3.63) is 89.5 Å². The van der Waals surface area contributed by atoms with E-state index in [-0.39, 0.29) is 0 Å². The van der Waals surface area contributed by atoms with Crippen LogP contribution in [0.4, 0.5) is 17.1 Å². The Balaban J connectivity index is 2.03. The Morgan fingerprint density at radius 1 is 0.577 bits per heavy atom. The molecule has 3 aromatic rings. The van der Waals surface area contributed by atoms with Crippen LogP contribution in [0.5, 0.6) is 0 Å². The summed E-state index contributed by atoms with van der Waals surface area (Å²) in [4.78, 5) is 2.33. The summed E-state index contributed by atoms with van der Waals surface area (Å²) in [5, 5.41) is 0. The minimum Gasteiger partial charge on any atom is -0.311 e. The monoisotopic (exact) mass is 343 g/mol. The Kier molecular flexibility index (Phi) is 5.78. The molecule has 0 N–H and O–H groups in total. The first-order valence-electron chi connectivity index (χ1n) is 9.65. The zero-order valence-electron chi connectivity index (χ0n) is 16.4. The van der Waals surface area contributed by atoms with Crippen molar-refractivity contribution in [2.24, 2.45) is 0 Å². The third kappa shape index (κ3) is 3.99. The van der Waals surface area contributed by atoms with Crippen LogP contribution in [-0.4, -0.2) is 0 Å². The molecule has 1 heteroatoms. The van der Waals surface area contributed by atoms with E-state index in [2.05, 4.69) is 105 Å². The van der Waals surface area contributed by atoms with Gasteiger partial charge in [-0.3, -0.25) is 0 Å². The molecule has 0 fully saturated rings. The number of aryl methyl sites for hydroxylation is 2. The van der Waals surface area contributed by atoms with Gasteiger partial charge < -0.3 is 4.90 Å². The van der Waals surface area contributed by atoms with Crippen molar-refractivity contribution >= 4 is 17.1 Å². The van der Waals surface area contributed by atoms with Crippen molar-refractivity contribution in [3.8, 4) is 0 Å². The first-order chi connectivity index (χ1) is 12.6. The number of nitrogens with zero attached hydrogens (tertiary/aromatic N) is 1. The average Bonchev–Trinajstić information content (AvgIpc) is 2.67. The zero-order valence-corrected chi connectivity index (χ0v) is 16.4. The van der Waals surface area contributed by atoms with E-state index in [0.717, 1.165) is 0 Å². The summed E-state index contributed by atoms with van der Waals surface area (Å²) in [5.41, 5.74) is 7.58. The van der Waals surface area contributed by atoms with Crippen LogP contribution in [0, 0.1) is 13.8 Å². The number of hydrogen-bond donors (Lipinski definition) is 0. The van der Waals surface area contributed by atoms with Crippen molar-refractivity contribution in [2.75, 3.05) is 4.90 Å². The topological polar surface area (TPSA) is 3.24 Å². The lowest BCUT2D eigenvalue weighted by Crippen LogP contribution is -2.10. The summed E-state index contributed by atoms with van der Waals surface area (Å²) < 4.78 is 0. The zero-order chi connectivity index (χ0) is 18.5. The lowest BCUT2D eigenvalue weighted by atomic mass is 9.94. The van der Waals surface area contributed by atoms with Gasteiger partial charge in [-0.1, -0.05) is 61.4 Å². The predicted octanol–water partition coefficient (Wildman–Crippen LogP) is 7.68. The predicted molar refractivity (Wildman–Crippen MR) is 114 cm³/mol. The Morgan fingerprint density at radius 3 is 1.27 bits per heavy atom. The summed E-state index contributed by atoms with van der Waals surface area (Å²) in [5.74, 6) is 0.649. The lowest BCUT2D eigenvalue weighted by molar-refractivity contribution is 0.642. The Labute approximate surface area is 158 Å². The standard InChI is InChI=1S/C25H29N/c1-5-21(6-2)22-11-17-25(18-12-22)26(23-13-7-19(3)8-14-23)24-15-9-20(4)10-16-24/h7-18,21H,5-6H2,1-4H3. The molecule has 134 valence electrons. The molecule has 0 saturated carbocycles. The molecule has 0 amide bonds. The second-order valence-corrected chi connectivity index (χ2v) is 7.11. The fraction of sp³-hybridized carbons (Fsp3) is 0.280. The number of benzene rings is 3. The van der Waals surface area contributed by atoms with Crippen LogP contribution in [0.1, 0.15) is 49.3 Å². The van der Waals surface area contributed by atoms with Crippen molar-refractivity contribution in [1.82, 2.24) is 0 Å². The molecule has 0 spiro atoms. The van der Waals surface area contributed by atoms with E-state index in [1.807, 2.05) is 0 Å². The van der Waals surface area contributed by atoms with Gasteiger partial charge in [0.05, 0.1) is 0 Å². The van der Waals surface area contributed by atoms with Gasteiger partial charge >= 0.3 is 0 Å². The van der Waals surface area contributed by atoms with E-state index < -0.39 is 0 Å². The maximum atomic E-state index is 2.33. The SMILES string of the molecule is CCC(CC)c1ccc(N(c2ccc(C)cc2)c2ccc(C)cc2)cc1. The second-order valence-electron chi connectivity index (χ2n) is 7.11. The molecule has 0 saturated heterocycles. The maximum absolute atomic E-state index is 2.33. The number of hydrogen-bond acceptors (Lipinski definition) is 1. The molecule has 0 unspecified atom stereocenters. The van der Waals surface area contributed by atoms with Gasteiger partial charge in [-0.2, -0.15) is 0 Å². The summed E-state index contributed by atoms with van der Waals surface area (Å²) in [7, 11) is 0. The van der Waals surface area contributed by atoms with Crippen LogP contribution < -0.4 is 4.90 Å². The van der Waals surface area contributed by atoms with Gasteiger partial charge in [-0.15, -0.1) is 0 Å². The first kappa shape index (κ1) is 18.3. The molecular weight excluding hydrogens is 314 g/mol. The van der Waals surface area contributed by atoms with Crippen LogP contribution in [0.15, 0.2) is 72.8 Å². The quantitative estimate of drug-likeness (QED) is 0.443. The van der Waals surface area contributed by atoms with Crippen molar-refractivity contribution in [3.63, 3.8) is 0 Å². The van der Waals surface area contributed by atoms with E-state index in [9.17, 15) is 0 Å². The molecule has 0 aliphatic rings. The number of anilines is 3. The minimum atomic E-state index is 0.649. The van der Waals surface area contributed by atoms with Gasteiger partial charge in [-0.25, -0.2) is 0 Å². The fourth-order valence-corrected chi connectivity index (χ4v) is 3.49. The van der Waals surface area contributed by atoms with Gasteiger partial charge in [0.15, 0.2) is 0 Å². The maximum Gasteiger partial charge on any atom is 0.0461 e. The Hall–Kier alpha value is -2.54. The molecule has 0 aliphatic carbocycles. The van der Waals surface area contributed by atoms with E-state index in [1.54, 1.807) is 0 Å². The van der Waals surface area contributed by atoms with Crippen molar-refractivity contribution in [2.45, 2.75) is 46.5 Å². The van der Waals surface area contributed by atoms with Crippen LogP contribution in [0.2, 0.25) is 0 Å². The van der Waals surface area contributed by atoms with Gasteiger partial charge in [0.25, 0.3) is 0 Å². The summed E-state index contributed by atoms with van der Waals surface area (Å²) >= 11 is 0. The van der Waals surface area contributed by atoms with Crippen LogP contribution in [0.25, 0.3) is 0 Å². The Bertz CT molecular complexity index is 764. The normalized spacial score (nSPS) is 11.0. The summed E-state index contributed by atoms with van der Waals surface area (Å²) in [6, 6.07) is 26.6. The third-order valence-electron chi connectivity index (χ3n) is 5.19. The molecule has 3 aromatic carbocycles. The van der Waals surface area contributed by atoms with Crippen molar-refractivity contribution in [1.29, 1.82) is 0 Å². The van der Waals surface area contributed by atoms with Gasteiger partial charge in [0.1, 0.15) is 0 Å². The molecular formula is C25H29N. The molecule has 0 heterocycles. The summed E-state index contributed by atoms with van der Waals surface area (Å²) in [6.07, 6.45) is 2.38. The molecule has 0 atom stereocenters. The highest BCUT2D eigenvalue weighted by Crippen LogP contribution is 2.35. The second kappa shape index (κ2) is 8.23. The molecule has 0 radical (unpaired) electrons. The molecule has 0 bridgehead atoms. The lowest BCUT2D eigenvalue weighted by Gasteiger charge is -2.26. The molecule has 3 rings (SSSR count). The van der Waals surface area contributed by atoms with Crippen LogP contribution in [-0.2, 0) is 0 Å². The number of rotatable bonds is 6. The van der Waals surface area contributed by atoms with E-state index in [4.69, 9.17) is 0 Å². The Morgan fingerprint density at radius 2 is 0.923 bits per heavy atom. The molecule has 0 aromatic heterocycles. The highest BCUT2D eigenvalue weighted by molar-refractivity contribution is 5.76. The minimum absolute atomic E-state index is 0.649. The average molecular weight is 344 g/mol.